The number of halogens is 1. The van der Waals surface area contributed by atoms with E-state index < -0.39 is 0 Å². The van der Waals surface area contributed by atoms with Crippen LogP contribution in [0.15, 0.2) is 24.3 Å². The molecule has 0 aliphatic carbocycles. The van der Waals surface area contributed by atoms with Crippen LogP contribution in [0, 0.1) is 5.92 Å². The molecular formula is C15H22ClNS. The van der Waals surface area contributed by atoms with Gasteiger partial charge in [0.2, 0.25) is 0 Å². The summed E-state index contributed by atoms with van der Waals surface area (Å²) in [7, 11) is 0. The molecular weight excluding hydrogens is 262 g/mol. The summed E-state index contributed by atoms with van der Waals surface area (Å²) >= 11 is 8.16. The molecule has 1 aliphatic heterocycles. The van der Waals surface area contributed by atoms with Crippen molar-refractivity contribution in [2.75, 3.05) is 18.1 Å². The molecule has 1 N–H and O–H groups in total. The number of rotatable bonds is 5. The van der Waals surface area contributed by atoms with Crippen molar-refractivity contribution in [1.82, 2.24) is 5.32 Å². The highest BCUT2D eigenvalue weighted by Gasteiger charge is 2.16. The maximum absolute atomic E-state index is 6.06. The van der Waals surface area contributed by atoms with E-state index in [1.165, 1.54) is 29.9 Å². The Morgan fingerprint density at radius 3 is 2.83 bits per heavy atom. The first kappa shape index (κ1) is 14.2. The molecule has 1 aliphatic rings. The Kier molecular flexibility index (Phi) is 5.87. The highest BCUT2D eigenvalue weighted by Crippen LogP contribution is 2.24. The minimum Gasteiger partial charge on any atom is -0.310 e. The van der Waals surface area contributed by atoms with E-state index in [2.05, 4.69) is 36.1 Å². The first-order valence-electron chi connectivity index (χ1n) is 6.86. The zero-order valence-corrected chi connectivity index (χ0v) is 12.6. The summed E-state index contributed by atoms with van der Waals surface area (Å²) in [6.07, 6.45) is 3.84. The van der Waals surface area contributed by atoms with Crippen LogP contribution in [0.1, 0.15) is 37.8 Å². The fourth-order valence-corrected chi connectivity index (χ4v) is 3.88. The van der Waals surface area contributed by atoms with Crippen LogP contribution in [-0.4, -0.2) is 18.1 Å². The Labute approximate surface area is 120 Å². The molecule has 18 heavy (non-hydrogen) atoms. The molecule has 3 heteroatoms. The molecule has 2 rings (SSSR count). The average molecular weight is 284 g/mol. The predicted molar refractivity (Wildman–Crippen MR) is 82.5 cm³/mol. The molecule has 0 saturated carbocycles. The lowest BCUT2D eigenvalue weighted by atomic mass is 10.00. The van der Waals surface area contributed by atoms with Crippen molar-refractivity contribution in [3.8, 4) is 0 Å². The largest absolute Gasteiger partial charge is 0.310 e. The average Bonchev–Trinajstić information content (AvgIpc) is 2.41. The molecule has 1 heterocycles. The summed E-state index contributed by atoms with van der Waals surface area (Å²) in [4.78, 5) is 0. The molecule has 1 nitrogen and oxygen atoms in total. The van der Waals surface area contributed by atoms with E-state index in [1.54, 1.807) is 0 Å². The molecule has 0 amide bonds. The van der Waals surface area contributed by atoms with E-state index >= 15 is 0 Å². The van der Waals surface area contributed by atoms with Crippen LogP contribution in [0.25, 0.3) is 0 Å². The van der Waals surface area contributed by atoms with Gasteiger partial charge >= 0.3 is 0 Å². The second kappa shape index (κ2) is 7.42. The van der Waals surface area contributed by atoms with Crippen molar-refractivity contribution in [2.45, 2.75) is 32.2 Å². The lowest BCUT2D eigenvalue weighted by Crippen LogP contribution is -2.29. The van der Waals surface area contributed by atoms with Gasteiger partial charge in [-0.2, -0.15) is 11.8 Å². The summed E-state index contributed by atoms with van der Waals surface area (Å²) in [5, 5.41) is 4.55. The topological polar surface area (TPSA) is 12.0 Å². The molecule has 1 aromatic rings. The Bertz CT molecular complexity index is 363. The van der Waals surface area contributed by atoms with Gasteiger partial charge in [0, 0.05) is 11.1 Å². The summed E-state index contributed by atoms with van der Waals surface area (Å²) in [6.45, 7) is 3.38. The standard InChI is InChI=1S/C15H22ClNS/c1-2-15(13-4-3-5-14(16)10-13)17-11-12-6-8-18-9-7-12/h3-5,10,12,15,17H,2,6-9,11H2,1H3. The highest BCUT2D eigenvalue weighted by atomic mass is 35.5. The maximum Gasteiger partial charge on any atom is 0.0409 e. The van der Waals surface area contributed by atoms with Crippen LogP contribution in [0.2, 0.25) is 5.02 Å². The van der Waals surface area contributed by atoms with Crippen LogP contribution in [0.4, 0.5) is 0 Å². The fourth-order valence-electron chi connectivity index (χ4n) is 2.48. The third-order valence-electron chi connectivity index (χ3n) is 3.65. The van der Waals surface area contributed by atoms with Gasteiger partial charge in [0.1, 0.15) is 0 Å². The van der Waals surface area contributed by atoms with E-state index in [4.69, 9.17) is 11.6 Å². The third-order valence-corrected chi connectivity index (χ3v) is 4.94. The fraction of sp³-hybridized carbons (Fsp3) is 0.600. The van der Waals surface area contributed by atoms with Crippen molar-refractivity contribution in [3.63, 3.8) is 0 Å². The molecule has 1 atom stereocenters. The third kappa shape index (κ3) is 4.18. The summed E-state index contributed by atoms with van der Waals surface area (Å²) in [5.41, 5.74) is 1.31. The molecule has 1 unspecified atom stereocenters. The van der Waals surface area contributed by atoms with Gasteiger partial charge < -0.3 is 5.32 Å². The van der Waals surface area contributed by atoms with E-state index in [-0.39, 0.29) is 0 Å². The van der Waals surface area contributed by atoms with Gasteiger partial charge in [-0.25, -0.2) is 0 Å². The van der Waals surface area contributed by atoms with Crippen LogP contribution < -0.4 is 5.32 Å². The Morgan fingerprint density at radius 2 is 2.17 bits per heavy atom. The van der Waals surface area contributed by atoms with Crippen LogP contribution in [0.3, 0.4) is 0 Å². The number of hydrogen-bond acceptors (Lipinski definition) is 2. The van der Waals surface area contributed by atoms with Gasteiger partial charge in [-0.1, -0.05) is 30.7 Å². The molecule has 1 saturated heterocycles. The van der Waals surface area contributed by atoms with Crippen LogP contribution >= 0.6 is 23.4 Å². The highest BCUT2D eigenvalue weighted by molar-refractivity contribution is 7.99. The van der Waals surface area contributed by atoms with Crippen molar-refractivity contribution in [1.29, 1.82) is 0 Å². The monoisotopic (exact) mass is 283 g/mol. The summed E-state index contributed by atoms with van der Waals surface area (Å²) in [6, 6.07) is 8.68. The van der Waals surface area contributed by atoms with Crippen LogP contribution in [-0.2, 0) is 0 Å². The molecule has 0 bridgehead atoms. The minimum atomic E-state index is 0.443. The van der Waals surface area contributed by atoms with Crippen molar-refractivity contribution < 1.29 is 0 Å². The first-order chi connectivity index (χ1) is 8.79. The van der Waals surface area contributed by atoms with Crippen molar-refractivity contribution >= 4 is 23.4 Å². The number of nitrogens with one attached hydrogen (secondary N) is 1. The second-order valence-electron chi connectivity index (χ2n) is 4.98. The first-order valence-corrected chi connectivity index (χ1v) is 8.39. The van der Waals surface area contributed by atoms with E-state index in [0.29, 0.717) is 6.04 Å². The smallest absolute Gasteiger partial charge is 0.0409 e. The summed E-state index contributed by atoms with van der Waals surface area (Å²) < 4.78 is 0. The van der Waals surface area contributed by atoms with Crippen molar-refractivity contribution in [2.24, 2.45) is 5.92 Å². The molecule has 0 radical (unpaired) electrons. The van der Waals surface area contributed by atoms with Gasteiger partial charge in [-0.05, 0) is 60.9 Å². The molecule has 1 aromatic carbocycles. The van der Waals surface area contributed by atoms with Gasteiger partial charge in [-0.15, -0.1) is 0 Å². The Hall–Kier alpha value is -0.180. The zero-order chi connectivity index (χ0) is 12.8. The predicted octanol–water partition coefficient (Wildman–Crippen LogP) is 4.52. The van der Waals surface area contributed by atoms with Gasteiger partial charge in [0.05, 0.1) is 0 Å². The number of thioether (sulfide) groups is 1. The SMILES string of the molecule is CCC(NCC1CCSCC1)c1cccc(Cl)c1. The summed E-state index contributed by atoms with van der Waals surface area (Å²) in [5.74, 6) is 3.53. The Balaban J connectivity index is 1.88. The molecule has 1 fully saturated rings. The zero-order valence-electron chi connectivity index (χ0n) is 11.0. The lowest BCUT2D eigenvalue weighted by molar-refractivity contribution is 0.405. The van der Waals surface area contributed by atoms with Crippen molar-refractivity contribution in [3.05, 3.63) is 34.9 Å². The molecule has 0 spiro atoms. The molecule has 100 valence electrons. The van der Waals surface area contributed by atoms with Gasteiger partial charge in [0.25, 0.3) is 0 Å². The normalized spacial score (nSPS) is 18.8. The lowest BCUT2D eigenvalue weighted by Gasteiger charge is -2.25. The minimum absolute atomic E-state index is 0.443. The van der Waals surface area contributed by atoms with E-state index in [0.717, 1.165) is 23.9 Å². The van der Waals surface area contributed by atoms with Gasteiger partial charge in [-0.3, -0.25) is 0 Å². The molecule has 0 aromatic heterocycles. The maximum atomic E-state index is 6.06. The van der Waals surface area contributed by atoms with Crippen LogP contribution in [0.5, 0.6) is 0 Å². The van der Waals surface area contributed by atoms with E-state index in [9.17, 15) is 0 Å². The number of hydrogen-bond donors (Lipinski definition) is 1. The quantitative estimate of drug-likeness (QED) is 0.852. The second-order valence-corrected chi connectivity index (χ2v) is 6.64. The number of benzene rings is 1. The van der Waals surface area contributed by atoms with E-state index in [1.807, 2.05) is 12.1 Å². The van der Waals surface area contributed by atoms with Gasteiger partial charge in [0.15, 0.2) is 0 Å². The Morgan fingerprint density at radius 1 is 1.39 bits per heavy atom.